The monoisotopic (exact) mass is 868 g/mol. The van der Waals surface area contributed by atoms with Crippen LogP contribution in [-0.4, -0.2) is 70.7 Å². The minimum absolute atomic E-state index is 0.00666. The minimum atomic E-state index is -4.55. The van der Waals surface area contributed by atoms with E-state index in [1.54, 1.807) is 0 Å². The van der Waals surface area contributed by atoms with Crippen LogP contribution >= 0.6 is 7.82 Å². The fraction of sp³-hybridized carbons (Fsp3) is 0.596. The van der Waals surface area contributed by atoms with Crippen LogP contribution in [0, 0.1) is 0 Å². The van der Waals surface area contributed by atoms with E-state index < -0.39 is 13.9 Å². The topological polar surface area (TPSA) is 94.1 Å². The molecule has 8 nitrogen and oxygen atoms in total. The Morgan fingerprint density at radius 2 is 0.902 bits per heavy atom. The lowest BCUT2D eigenvalue weighted by Gasteiger charge is -2.28. The number of allylic oxidation sites excluding steroid dienone is 20. The summed E-state index contributed by atoms with van der Waals surface area (Å²) in [5.74, 6) is -0.381. The average molecular weight is 868 g/mol. The molecule has 0 bridgehead atoms. The van der Waals surface area contributed by atoms with E-state index in [-0.39, 0.29) is 32.2 Å². The van der Waals surface area contributed by atoms with Crippen LogP contribution in [0.5, 0.6) is 0 Å². The zero-order valence-electron chi connectivity index (χ0n) is 39.1. The maximum Gasteiger partial charge on any atom is 0.306 e. The zero-order chi connectivity index (χ0) is 44.8. The lowest BCUT2D eigenvalue weighted by Crippen LogP contribution is -2.37. The van der Waals surface area contributed by atoms with Crippen LogP contribution in [0.1, 0.15) is 142 Å². The third kappa shape index (κ3) is 47.8. The van der Waals surface area contributed by atoms with Gasteiger partial charge >= 0.3 is 5.97 Å². The molecular formula is C52H86NO7P. The van der Waals surface area contributed by atoms with Gasteiger partial charge in [-0.3, -0.25) is 9.36 Å². The molecule has 346 valence electrons. The molecule has 61 heavy (non-hydrogen) atoms. The number of carbonyl (C=O) groups excluding carboxylic acids is 1. The Bertz CT molecular complexity index is 1380. The first-order chi connectivity index (χ1) is 29.6. The second-order valence-electron chi connectivity index (χ2n) is 16.0. The zero-order valence-corrected chi connectivity index (χ0v) is 39.9. The summed E-state index contributed by atoms with van der Waals surface area (Å²) in [6, 6.07) is 0. The van der Waals surface area contributed by atoms with Crippen molar-refractivity contribution in [1.82, 2.24) is 0 Å². The van der Waals surface area contributed by atoms with Gasteiger partial charge in [-0.2, -0.15) is 0 Å². The molecule has 0 aromatic heterocycles. The number of hydrogen-bond acceptors (Lipinski definition) is 7. The average Bonchev–Trinajstić information content (AvgIpc) is 3.22. The molecule has 0 aromatic rings. The molecule has 0 radical (unpaired) electrons. The Balaban J connectivity index is 4.33. The molecule has 0 aromatic carbocycles. The first kappa shape index (κ1) is 57.9. The number of quaternary nitrogens is 1. The normalized spacial score (nSPS) is 14.8. The number of carbonyl (C=O) groups is 1. The summed E-state index contributed by atoms with van der Waals surface area (Å²) in [6.45, 7) is 5.04. The number of nitrogens with zero attached hydrogens (tertiary/aromatic N) is 1. The number of rotatable bonds is 41. The van der Waals surface area contributed by atoms with Gasteiger partial charge in [0.1, 0.15) is 19.3 Å². The Hall–Kier alpha value is -3.10. The number of unbranched alkanes of at least 4 members (excludes halogenated alkanes) is 7. The second kappa shape index (κ2) is 43.5. The second-order valence-corrected chi connectivity index (χ2v) is 17.4. The molecular weight excluding hydrogens is 782 g/mol. The SMILES string of the molecule is CC/C=C\C/C=C\C/C=C\C/C=C\C/C=C\C/C=C\C/C=C\CCCCCC(=O)OC(COCCCCCC/C=C\C/C=C\C/C=C\CC)COP(=O)([O-])OCC[N+](C)(C)C. The van der Waals surface area contributed by atoms with Gasteiger partial charge in [0.25, 0.3) is 7.82 Å². The largest absolute Gasteiger partial charge is 0.756 e. The maximum atomic E-state index is 12.7. The minimum Gasteiger partial charge on any atom is -0.756 e. The number of ether oxygens (including phenoxy) is 2. The van der Waals surface area contributed by atoms with E-state index in [1.165, 1.54) is 0 Å². The van der Waals surface area contributed by atoms with Gasteiger partial charge in [0, 0.05) is 13.0 Å². The lowest BCUT2D eigenvalue weighted by molar-refractivity contribution is -0.870. The highest BCUT2D eigenvalue weighted by Crippen LogP contribution is 2.38. The highest BCUT2D eigenvalue weighted by atomic mass is 31.2. The maximum absolute atomic E-state index is 12.7. The Labute approximate surface area is 373 Å². The van der Waals surface area contributed by atoms with Gasteiger partial charge < -0.3 is 27.9 Å². The van der Waals surface area contributed by atoms with E-state index >= 15 is 0 Å². The van der Waals surface area contributed by atoms with Crippen molar-refractivity contribution in [2.75, 3.05) is 54.1 Å². The van der Waals surface area contributed by atoms with E-state index in [1.807, 2.05) is 21.1 Å². The number of esters is 1. The highest BCUT2D eigenvalue weighted by Gasteiger charge is 2.20. The number of hydrogen-bond donors (Lipinski definition) is 0. The Kier molecular flexibility index (Phi) is 41.3. The third-order valence-corrected chi connectivity index (χ3v) is 9.97. The van der Waals surface area contributed by atoms with Crippen molar-refractivity contribution >= 4 is 13.8 Å². The molecule has 0 fully saturated rings. The van der Waals surface area contributed by atoms with Crippen LogP contribution < -0.4 is 4.89 Å². The summed E-state index contributed by atoms with van der Waals surface area (Å²) in [4.78, 5) is 25.1. The fourth-order valence-corrected chi connectivity index (χ4v) is 6.21. The van der Waals surface area contributed by atoms with Crippen LogP contribution in [0.3, 0.4) is 0 Å². The molecule has 0 saturated carbocycles. The molecule has 0 N–H and O–H groups in total. The molecule has 9 heteroatoms. The van der Waals surface area contributed by atoms with Crippen molar-refractivity contribution in [2.24, 2.45) is 0 Å². The Morgan fingerprint density at radius 3 is 1.33 bits per heavy atom. The number of phosphoric acid groups is 1. The molecule has 0 rings (SSSR count). The van der Waals surface area contributed by atoms with E-state index in [0.29, 0.717) is 24.1 Å². The highest BCUT2D eigenvalue weighted by molar-refractivity contribution is 7.45. The molecule has 0 aliphatic heterocycles. The number of likely N-dealkylation sites (N-methyl/N-ethyl adjacent to an activating group) is 1. The van der Waals surface area contributed by atoms with E-state index in [2.05, 4.69) is 135 Å². The summed E-state index contributed by atoms with van der Waals surface area (Å²) in [5.41, 5.74) is 0. The van der Waals surface area contributed by atoms with Crippen molar-refractivity contribution in [3.63, 3.8) is 0 Å². The third-order valence-electron chi connectivity index (χ3n) is 9.01. The Morgan fingerprint density at radius 1 is 0.508 bits per heavy atom. The predicted octanol–water partition coefficient (Wildman–Crippen LogP) is 13.5. The first-order valence-corrected chi connectivity index (χ1v) is 24.7. The van der Waals surface area contributed by atoms with Crippen LogP contribution in [0.4, 0.5) is 0 Å². The van der Waals surface area contributed by atoms with Crippen molar-refractivity contribution < 1.29 is 37.3 Å². The smallest absolute Gasteiger partial charge is 0.306 e. The van der Waals surface area contributed by atoms with Crippen molar-refractivity contribution in [1.29, 1.82) is 0 Å². The quantitative estimate of drug-likeness (QED) is 0.0199. The van der Waals surface area contributed by atoms with Crippen LogP contribution in [0.15, 0.2) is 122 Å². The molecule has 2 atom stereocenters. The summed E-state index contributed by atoms with van der Waals surface area (Å²) >= 11 is 0. The molecule has 0 amide bonds. The molecule has 2 unspecified atom stereocenters. The van der Waals surface area contributed by atoms with E-state index in [9.17, 15) is 14.3 Å². The summed E-state index contributed by atoms with van der Waals surface area (Å²) in [6.07, 6.45) is 62.2. The standard InChI is InChI=1S/C52H86NO7P/c1-6-8-10-12-14-16-18-20-22-23-24-25-26-27-28-29-30-31-32-33-35-37-39-41-43-45-52(54)60-51(50-59-61(55,56)58-48-46-53(3,4)5)49-57-47-44-42-40-38-36-34-21-19-17-15-13-11-9-7-2/h8-11,14-17,20-22,24-25,27-28,30-31,33-35,51H,6-7,12-13,18-19,23,26,29,32,36-50H2,1-5H3/b10-8-,11-9-,16-14-,17-15-,22-20-,25-24-,28-27-,31-30-,34-21-,35-33-. The molecule has 0 heterocycles. The van der Waals surface area contributed by atoms with E-state index in [4.69, 9.17) is 18.5 Å². The van der Waals surface area contributed by atoms with Gasteiger partial charge in [0.2, 0.25) is 0 Å². The van der Waals surface area contributed by atoms with Gasteiger partial charge in [-0.1, -0.05) is 155 Å². The van der Waals surface area contributed by atoms with Gasteiger partial charge in [-0.15, -0.1) is 0 Å². The summed E-state index contributed by atoms with van der Waals surface area (Å²) < 4.78 is 34.5. The molecule has 0 aliphatic carbocycles. The summed E-state index contributed by atoms with van der Waals surface area (Å²) in [5, 5.41) is 0. The number of phosphoric ester groups is 1. The predicted molar refractivity (Wildman–Crippen MR) is 258 cm³/mol. The van der Waals surface area contributed by atoms with Gasteiger partial charge in [0.15, 0.2) is 0 Å². The van der Waals surface area contributed by atoms with E-state index in [0.717, 1.165) is 116 Å². The molecule has 0 spiro atoms. The van der Waals surface area contributed by atoms with Crippen LogP contribution in [0.25, 0.3) is 0 Å². The summed E-state index contributed by atoms with van der Waals surface area (Å²) in [7, 11) is 1.29. The van der Waals surface area contributed by atoms with Crippen molar-refractivity contribution in [3.05, 3.63) is 122 Å². The van der Waals surface area contributed by atoms with Crippen LogP contribution in [-0.2, 0) is 27.9 Å². The van der Waals surface area contributed by atoms with Crippen molar-refractivity contribution in [3.8, 4) is 0 Å². The lowest BCUT2D eigenvalue weighted by atomic mass is 10.1. The van der Waals surface area contributed by atoms with Crippen molar-refractivity contribution in [2.45, 2.75) is 148 Å². The molecule has 0 aliphatic rings. The fourth-order valence-electron chi connectivity index (χ4n) is 5.48. The van der Waals surface area contributed by atoms with Gasteiger partial charge in [-0.05, 0) is 103 Å². The van der Waals surface area contributed by atoms with Gasteiger partial charge in [0.05, 0.1) is 34.4 Å². The van der Waals surface area contributed by atoms with Gasteiger partial charge in [-0.25, -0.2) is 0 Å². The molecule has 0 saturated heterocycles. The first-order valence-electron chi connectivity index (χ1n) is 23.3. The van der Waals surface area contributed by atoms with Crippen LogP contribution in [0.2, 0.25) is 0 Å².